The van der Waals surface area contributed by atoms with E-state index in [1.807, 2.05) is 24.3 Å². The first-order valence-electron chi connectivity index (χ1n) is 7.44. The van der Waals surface area contributed by atoms with E-state index in [0.29, 0.717) is 10.6 Å². The minimum Gasteiger partial charge on any atom is -0.497 e. The minimum atomic E-state index is -0.340. The predicted octanol–water partition coefficient (Wildman–Crippen LogP) is 3.16. The van der Waals surface area contributed by atoms with Gasteiger partial charge in [-0.2, -0.15) is 5.10 Å². The van der Waals surface area contributed by atoms with Crippen molar-refractivity contribution in [2.75, 3.05) is 12.8 Å². The molecule has 0 aliphatic rings. The highest BCUT2D eigenvalue weighted by atomic mass is 32.1. The van der Waals surface area contributed by atoms with Crippen molar-refractivity contribution in [3.8, 4) is 16.2 Å². The predicted molar refractivity (Wildman–Crippen MR) is 100 cm³/mol. The Balaban J connectivity index is 1.72. The zero-order chi connectivity index (χ0) is 17.6. The van der Waals surface area contributed by atoms with Crippen molar-refractivity contribution in [3.05, 3.63) is 65.3 Å². The Bertz CT molecular complexity index is 889. The Morgan fingerprint density at radius 3 is 2.64 bits per heavy atom. The van der Waals surface area contributed by atoms with E-state index in [4.69, 9.17) is 10.5 Å². The summed E-state index contributed by atoms with van der Waals surface area (Å²) in [5, 5.41) is 3.95. The van der Waals surface area contributed by atoms with Gasteiger partial charge in [-0.3, -0.25) is 9.78 Å². The summed E-state index contributed by atoms with van der Waals surface area (Å²) in [6.07, 6.45) is 4.86. The molecule has 2 aromatic heterocycles. The number of nitrogens with two attached hydrogens (primary N) is 1. The second kappa shape index (κ2) is 7.59. The molecule has 0 aliphatic heterocycles. The molecule has 1 amide bonds. The van der Waals surface area contributed by atoms with Crippen LogP contribution in [0.4, 0.5) is 5.69 Å². The molecule has 0 spiro atoms. The summed E-state index contributed by atoms with van der Waals surface area (Å²) in [5.74, 6) is 0.435. The maximum absolute atomic E-state index is 12.3. The lowest BCUT2D eigenvalue weighted by Crippen LogP contribution is -2.17. The fraction of sp³-hybridized carbons (Fsp3) is 0.0556. The average molecular weight is 352 g/mol. The summed E-state index contributed by atoms with van der Waals surface area (Å²) in [6, 6.07) is 12.9. The van der Waals surface area contributed by atoms with E-state index in [1.165, 1.54) is 11.3 Å². The zero-order valence-corrected chi connectivity index (χ0v) is 14.3. The quantitative estimate of drug-likeness (QED) is 0.545. The number of hydrogen-bond acceptors (Lipinski definition) is 6. The first-order valence-corrected chi connectivity index (χ1v) is 8.26. The summed E-state index contributed by atoms with van der Waals surface area (Å²) in [4.78, 5) is 17.5. The summed E-state index contributed by atoms with van der Waals surface area (Å²) in [7, 11) is 1.62. The van der Waals surface area contributed by atoms with Crippen molar-refractivity contribution in [3.63, 3.8) is 0 Å². The van der Waals surface area contributed by atoms with Gasteiger partial charge < -0.3 is 10.5 Å². The second-order valence-electron chi connectivity index (χ2n) is 5.10. The Morgan fingerprint density at radius 2 is 1.96 bits per heavy atom. The average Bonchev–Trinajstić information content (AvgIpc) is 3.04. The van der Waals surface area contributed by atoms with Crippen LogP contribution in [0.1, 0.15) is 15.2 Å². The van der Waals surface area contributed by atoms with Gasteiger partial charge in [0.2, 0.25) is 0 Å². The van der Waals surface area contributed by atoms with Crippen LogP contribution >= 0.6 is 11.3 Å². The Kier molecular flexibility index (Phi) is 5.06. The molecule has 0 saturated heterocycles. The highest BCUT2D eigenvalue weighted by Crippen LogP contribution is 2.33. The number of aromatic nitrogens is 1. The monoisotopic (exact) mass is 352 g/mol. The van der Waals surface area contributed by atoms with Gasteiger partial charge >= 0.3 is 0 Å². The number of pyridine rings is 1. The van der Waals surface area contributed by atoms with Crippen LogP contribution in [-0.2, 0) is 0 Å². The molecule has 0 saturated carbocycles. The Morgan fingerprint density at radius 1 is 1.24 bits per heavy atom. The third kappa shape index (κ3) is 4.02. The molecule has 0 bridgehead atoms. The number of nitrogen functional groups attached to an aromatic ring is 1. The molecule has 3 aromatic rings. The van der Waals surface area contributed by atoms with E-state index in [-0.39, 0.29) is 5.91 Å². The third-order valence-electron chi connectivity index (χ3n) is 3.43. The number of amides is 1. The lowest BCUT2D eigenvalue weighted by Gasteiger charge is -2.00. The summed E-state index contributed by atoms with van der Waals surface area (Å²) < 4.78 is 5.15. The molecule has 0 aliphatic carbocycles. The largest absolute Gasteiger partial charge is 0.497 e. The molecule has 1 aromatic carbocycles. The van der Waals surface area contributed by atoms with Crippen molar-refractivity contribution in [2.24, 2.45) is 5.10 Å². The molecule has 3 N–H and O–H groups in total. The molecule has 0 atom stereocenters. The lowest BCUT2D eigenvalue weighted by atomic mass is 10.2. The number of ether oxygens (including phenoxy) is 1. The Hall–Kier alpha value is -3.19. The SMILES string of the molecule is COc1ccc(-c2cc(N)c(C(=O)N/N=C\c3ccncc3)s2)cc1. The highest BCUT2D eigenvalue weighted by molar-refractivity contribution is 7.18. The van der Waals surface area contributed by atoms with Crippen molar-refractivity contribution in [2.45, 2.75) is 0 Å². The maximum atomic E-state index is 12.3. The first-order chi connectivity index (χ1) is 12.2. The first kappa shape index (κ1) is 16.7. The van der Waals surface area contributed by atoms with Gasteiger partial charge in [-0.05, 0) is 53.6 Å². The summed E-state index contributed by atoms with van der Waals surface area (Å²) in [5.41, 5.74) is 10.7. The van der Waals surface area contributed by atoms with Gasteiger partial charge in [0.05, 0.1) is 19.0 Å². The van der Waals surface area contributed by atoms with Crippen LogP contribution in [0.25, 0.3) is 10.4 Å². The van der Waals surface area contributed by atoms with E-state index in [0.717, 1.165) is 21.8 Å². The molecule has 126 valence electrons. The van der Waals surface area contributed by atoms with Crippen LogP contribution in [0.2, 0.25) is 0 Å². The number of rotatable bonds is 5. The molecular weight excluding hydrogens is 336 g/mol. The van der Waals surface area contributed by atoms with Gasteiger partial charge in [-0.15, -0.1) is 11.3 Å². The number of benzene rings is 1. The maximum Gasteiger partial charge on any atom is 0.283 e. The number of carbonyl (C=O) groups is 1. The fourth-order valence-corrected chi connectivity index (χ4v) is 3.12. The normalized spacial score (nSPS) is 10.8. The number of thiophene rings is 1. The van der Waals surface area contributed by atoms with Crippen LogP contribution in [0.5, 0.6) is 5.75 Å². The summed E-state index contributed by atoms with van der Waals surface area (Å²) >= 11 is 1.32. The van der Waals surface area contributed by atoms with Crippen molar-refractivity contribution >= 4 is 29.1 Å². The minimum absolute atomic E-state index is 0.340. The molecular formula is C18H16N4O2S. The van der Waals surface area contributed by atoms with Gasteiger partial charge in [0.15, 0.2) is 0 Å². The van der Waals surface area contributed by atoms with Crippen LogP contribution in [0, 0.1) is 0 Å². The molecule has 25 heavy (non-hydrogen) atoms. The number of hydrazone groups is 1. The zero-order valence-electron chi connectivity index (χ0n) is 13.5. The van der Waals surface area contributed by atoms with E-state index < -0.39 is 0 Å². The fourth-order valence-electron chi connectivity index (χ4n) is 2.15. The van der Waals surface area contributed by atoms with Gasteiger partial charge in [0.1, 0.15) is 10.6 Å². The number of nitrogens with zero attached hydrogens (tertiary/aromatic N) is 2. The molecule has 0 fully saturated rings. The topological polar surface area (TPSA) is 89.6 Å². The van der Waals surface area contributed by atoms with E-state index in [2.05, 4.69) is 15.5 Å². The van der Waals surface area contributed by atoms with Crippen LogP contribution in [0.3, 0.4) is 0 Å². The molecule has 7 heteroatoms. The smallest absolute Gasteiger partial charge is 0.283 e. The van der Waals surface area contributed by atoms with Crippen molar-refractivity contribution in [1.82, 2.24) is 10.4 Å². The number of nitrogens with one attached hydrogen (secondary N) is 1. The number of carbonyl (C=O) groups excluding carboxylic acids is 1. The molecule has 6 nitrogen and oxygen atoms in total. The second-order valence-corrected chi connectivity index (χ2v) is 6.16. The molecule has 3 rings (SSSR count). The highest BCUT2D eigenvalue weighted by Gasteiger charge is 2.15. The van der Waals surface area contributed by atoms with Gasteiger partial charge in [0.25, 0.3) is 5.91 Å². The summed E-state index contributed by atoms with van der Waals surface area (Å²) in [6.45, 7) is 0. The molecule has 2 heterocycles. The van der Waals surface area contributed by atoms with E-state index >= 15 is 0 Å². The van der Waals surface area contributed by atoms with Gasteiger partial charge in [0, 0.05) is 17.3 Å². The van der Waals surface area contributed by atoms with Crippen molar-refractivity contribution in [1.29, 1.82) is 0 Å². The number of hydrogen-bond donors (Lipinski definition) is 2. The van der Waals surface area contributed by atoms with E-state index in [1.54, 1.807) is 43.9 Å². The van der Waals surface area contributed by atoms with E-state index in [9.17, 15) is 4.79 Å². The Labute approximate surface area is 149 Å². The standard InChI is InChI=1S/C18H16N4O2S/c1-24-14-4-2-13(3-5-14)16-10-15(19)17(25-16)18(23)22-21-11-12-6-8-20-9-7-12/h2-11H,19H2,1H3,(H,22,23)/b21-11-. The third-order valence-corrected chi connectivity index (χ3v) is 4.63. The lowest BCUT2D eigenvalue weighted by molar-refractivity contribution is 0.0960. The van der Waals surface area contributed by atoms with Crippen molar-refractivity contribution < 1.29 is 9.53 Å². The van der Waals surface area contributed by atoms with Crippen LogP contribution in [-0.4, -0.2) is 24.2 Å². The number of anilines is 1. The number of methoxy groups -OCH3 is 1. The van der Waals surface area contributed by atoms with Gasteiger partial charge in [-0.25, -0.2) is 5.43 Å². The molecule has 0 radical (unpaired) electrons. The van der Waals surface area contributed by atoms with Gasteiger partial charge in [-0.1, -0.05) is 0 Å². The molecule has 0 unspecified atom stereocenters. The van der Waals surface area contributed by atoms with Crippen LogP contribution in [0.15, 0.2) is 60.0 Å². The van der Waals surface area contributed by atoms with Crippen LogP contribution < -0.4 is 15.9 Å².